The van der Waals surface area contributed by atoms with E-state index >= 15 is 0 Å². The monoisotopic (exact) mass is 352 g/mol. The van der Waals surface area contributed by atoms with E-state index in [4.69, 9.17) is 9.47 Å². The average molecular weight is 353 g/mol. The molecule has 1 amide bonds. The quantitative estimate of drug-likeness (QED) is 0.753. The second-order valence-electron chi connectivity index (χ2n) is 6.98. The van der Waals surface area contributed by atoms with E-state index in [9.17, 15) is 4.79 Å². The largest absolute Gasteiger partial charge is 0.384 e. The highest BCUT2D eigenvalue weighted by atomic mass is 32.1. The number of carbonyl (C=O) groups excluding carboxylic acids is 1. The molecule has 3 rings (SSSR count). The molecule has 2 saturated heterocycles. The standard InChI is InChI=1S/C18H28N2O3S/c1-22-10-9-20-14-18(16(13-23-2)17(20)21)5-7-19(8-6-18)12-15-4-3-11-24-15/h3-4,11,16H,5-10,12-14H2,1-2H3/t16-/m1/s1. The summed E-state index contributed by atoms with van der Waals surface area (Å²) in [5, 5.41) is 2.14. The molecule has 0 aromatic carbocycles. The molecule has 134 valence electrons. The number of thiophene rings is 1. The van der Waals surface area contributed by atoms with E-state index in [1.54, 1.807) is 14.2 Å². The molecule has 2 fully saturated rings. The van der Waals surface area contributed by atoms with Gasteiger partial charge in [-0.1, -0.05) is 6.07 Å². The molecule has 3 heterocycles. The number of piperidine rings is 1. The van der Waals surface area contributed by atoms with Crippen molar-refractivity contribution in [3.05, 3.63) is 22.4 Å². The lowest BCUT2D eigenvalue weighted by atomic mass is 9.71. The van der Waals surface area contributed by atoms with Gasteiger partial charge in [0, 0.05) is 44.1 Å². The minimum atomic E-state index is 0.00300. The summed E-state index contributed by atoms with van der Waals surface area (Å²) in [4.78, 5) is 18.7. The third kappa shape index (κ3) is 3.67. The minimum absolute atomic E-state index is 0.00300. The van der Waals surface area contributed by atoms with Gasteiger partial charge in [-0.2, -0.15) is 0 Å². The fourth-order valence-electron chi connectivity index (χ4n) is 4.14. The Bertz CT molecular complexity index is 526. The van der Waals surface area contributed by atoms with Crippen LogP contribution < -0.4 is 0 Å². The number of amides is 1. The second-order valence-corrected chi connectivity index (χ2v) is 8.01. The predicted molar refractivity (Wildman–Crippen MR) is 95.1 cm³/mol. The summed E-state index contributed by atoms with van der Waals surface area (Å²) >= 11 is 1.82. The number of ether oxygens (including phenoxy) is 2. The highest BCUT2D eigenvalue weighted by Gasteiger charge is 2.52. The number of likely N-dealkylation sites (tertiary alicyclic amines) is 2. The van der Waals surface area contributed by atoms with Gasteiger partial charge in [0.2, 0.25) is 5.91 Å². The van der Waals surface area contributed by atoms with Crippen molar-refractivity contribution in [2.24, 2.45) is 11.3 Å². The maximum atomic E-state index is 12.8. The van der Waals surface area contributed by atoms with Crippen molar-refractivity contribution in [3.8, 4) is 0 Å². The lowest BCUT2D eigenvalue weighted by Crippen LogP contribution is -2.45. The van der Waals surface area contributed by atoms with Crippen LogP contribution in [0.3, 0.4) is 0 Å². The molecule has 1 aromatic rings. The predicted octanol–water partition coefficient (Wildman–Crippen LogP) is 2.08. The van der Waals surface area contributed by atoms with Gasteiger partial charge in [0.15, 0.2) is 0 Å². The van der Waals surface area contributed by atoms with Crippen LogP contribution in [0.2, 0.25) is 0 Å². The van der Waals surface area contributed by atoms with Gasteiger partial charge in [-0.3, -0.25) is 9.69 Å². The zero-order chi connectivity index (χ0) is 17.0. The van der Waals surface area contributed by atoms with Gasteiger partial charge in [-0.15, -0.1) is 11.3 Å². The number of carbonyl (C=O) groups is 1. The van der Waals surface area contributed by atoms with E-state index in [0.717, 1.165) is 39.0 Å². The van der Waals surface area contributed by atoms with E-state index in [1.165, 1.54) is 4.88 Å². The normalized spacial score (nSPS) is 24.2. The molecule has 0 unspecified atom stereocenters. The number of rotatable bonds is 7. The third-order valence-electron chi connectivity index (χ3n) is 5.56. The second kappa shape index (κ2) is 7.95. The molecule has 5 nitrogen and oxygen atoms in total. The molecule has 0 radical (unpaired) electrons. The Balaban J connectivity index is 1.64. The zero-order valence-corrected chi connectivity index (χ0v) is 15.5. The Morgan fingerprint density at radius 3 is 2.71 bits per heavy atom. The van der Waals surface area contributed by atoms with Crippen molar-refractivity contribution < 1.29 is 14.3 Å². The van der Waals surface area contributed by atoms with E-state index in [-0.39, 0.29) is 17.2 Å². The maximum Gasteiger partial charge on any atom is 0.228 e. The number of hydrogen-bond donors (Lipinski definition) is 0. The number of hydrogen-bond acceptors (Lipinski definition) is 5. The van der Waals surface area contributed by atoms with Gasteiger partial charge < -0.3 is 14.4 Å². The maximum absolute atomic E-state index is 12.8. The highest BCUT2D eigenvalue weighted by molar-refractivity contribution is 7.09. The first kappa shape index (κ1) is 17.9. The molecule has 1 aromatic heterocycles. The molecular weight excluding hydrogens is 324 g/mol. The number of nitrogens with zero attached hydrogens (tertiary/aromatic N) is 2. The Hall–Kier alpha value is -0.950. The Kier molecular flexibility index (Phi) is 5.92. The van der Waals surface area contributed by atoms with Crippen LogP contribution in [0.4, 0.5) is 0 Å². The SMILES string of the molecule is COCCN1CC2(CCN(Cc3cccs3)CC2)[C@H](COC)C1=O. The fraction of sp³-hybridized carbons (Fsp3) is 0.722. The topological polar surface area (TPSA) is 42.0 Å². The summed E-state index contributed by atoms with van der Waals surface area (Å²) in [6, 6.07) is 4.32. The minimum Gasteiger partial charge on any atom is -0.384 e. The van der Waals surface area contributed by atoms with Gasteiger partial charge in [0.05, 0.1) is 19.1 Å². The smallest absolute Gasteiger partial charge is 0.228 e. The Labute approximate surface area is 148 Å². The van der Waals surface area contributed by atoms with Crippen LogP contribution in [-0.4, -0.2) is 69.3 Å². The lowest BCUT2D eigenvalue weighted by molar-refractivity contribution is -0.134. The Morgan fingerprint density at radius 2 is 2.08 bits per heavy atom. The third-order valence-corrected chi connectivity index (χ3v) is 6.43. The molecule has 2 aliphatic rings. The van der Waals surface area contributed by atoms with E-state index in [0.29, 0.717) is 19.8 Å². The summed E-state index contributed by atoms with van der Waals surface area (Å²) in [5.74, 6) is 0.254. The van der Waals surface area contributed by atoms with Crippen molar-refractivity contribution in [2.75, 3.05) is 53.6 Å². The van der Waals surface area contributed by atoms with E-state index < -0.39 is 0 Å². The van der Waals surface area contributed by atoms with E-state index in [1.807, 2.05) is 16.2 Å². The van der Waals surface area contributed by atoms with Crippen LogP contribution in [0.25, 0.3) is 0 Å². The van der Waals surface area contributed by atoms with Gasteiger partial charge in [0.25, 0.3) is 0 Å². The molecule has 24 heavy (non-hydrogen) atoms. The average Bonchev–Trinajstić information content (AvgIpc) is 3.18. The van der Waals surface area contributed by atoms with Crippen LogP contribution >= 0.6 is 11.3 Å². The van der Waals surface area contributed by atoms with Crippen LogP contribution in [0, 0.1) is 11.3 Å². The molecule has 1 spiro atoms. The first-order valence-electron chi connectivity index (χ1n) is 8.70. The van der Waals surface area contributed by atoms with Crippen LogP contribution in [0.5, 0.6) is 0 Å². The fourth-order valence-corrected chi connectivity index (χ4v) is 4.89. The molecule has 0 aliphatic carbocycles. The molecule has 0 bridgehead atoms. The number of methoxy groups -OCH3 is 2. The molecule has 1 atom stereocenters. The molecule has 0 N–H and O–H groups in total. The van der Waals surface area contributed by atoms with Gasteiger partial charge in [0.1, 0.15) is 0 Å². The summed E-state index contributed by atoms with van der Waals surface area (Å²) in [7, 11) is 3.39. The summed E-state index contributed by atoms with van der Waals surface area (Å²) in [6.07, 6.45) is 2.14. The van der Waals surface area contributed by atoms with Crippen LogP contribution in [-0.2, 0) is 20.8 Å². The lowest BCUT2D eigenvalue weighted by Gasteiger charge is -2.41. The van der Waals surface area contributed by atoms with Crippen molar-refractivity contribution >= 4 is 17.2 Å². The van der Waals surface area contributed by atoms with Crippen LogP contribution in [0.1, 0.15) is 17.7 Å². The van der Waals surface area contributed by atoms with Crippen LogP contribution in [0.15, 0.2) is 17.5 Å². The summed E-state index contributed by atoms with van der Waals surface area (Å²) in [6.45, 7) is 5.84. The van der Waals surface area contributed by atoms with Crippen molar-refractivity contribution in [1.82, 2.24) is 9.80 Å². The Morgan fingerprint density at radius 1 is 1.29 bits per heavy atom. The van der Waals surface area contributed by atoms with Crippen molar-refractivity contribution in [3.63, 3.8) is 0 Å². The summed E-state index contributed by atoms with van der Waals surface area (Å²) in [5.41, 5.74) is 0.0762. The molecule has 0 saturated carbocycles. The molecule has 2 aliphatic heterocycles. The first-order chi connectivity index (χ1) is 11.7. The van der Waals surface area contributed by atoms with Gasteiger partial charge in [-0.05, 0) is 37.4 Å². The summed E-state index contributed by atoms with van der Waals surface area (Å²) < 4.78 is 10.6. The molecular formula is C18H28N2O3S. The van der Waals surface area contributed by atoms with Crippen molar-refractivity contribution in [1.29, 1.82) is 0 Å². The van der Waals surface area contributed by atoms with Gasteiger partial charge >= 0.3 is 0 Å². The highest BCUT2D eigenvalue weighted by Crippen LogP contribution is 2.45. The first-order valence-corrected chi connectivity index (χ1v) is 9.58. The van der Waals surface area contributed by atoms with E-state index in [2.05, 4.69) is 22.4 Å². The molecule has 6 heteroatoms. The van der Waals surface area contributed by atoms with Gasteiger partial charge in [-0.25, -0.2) is 0 Å². The zero-order valence-electron chi connectivity index (χ0n) is 14.7. The van der Waals surface area contributed by atoms with Crippen molar-refractivity contribution in [2.45, 2.75) is 19.4 Å².